The monoisotopic (exact) mass is 262 g/mol. The third kappa shape index (κ3) is 3.55. The lowest BCUT2D eigenvalue weighted by atomic mass is 9.96. The van der Waals surface area contributed by atoms with Gasteiger partial charge in [-0.25, -0.2) is 0 Å². The maximum absolute atomic E-state index is 12.0. The molecule has 0 spiro atoms. The molecule has 4 heteroatoms. The molecule has 1 fully saturated rings. The molecular formula is C15H22N2O2. The van der Waals surface area contributed by atoms with E-state index in [1.165, 1.54) is 0 Å². The predicted molar refractivity (Wildman–Crippen MR) is 74.3 cm³/mol. The van der Waals surface area contributed by atoms with Gasteiger partial charge in [-0.3, -0.25) is 4.79 Å². The van der Waals surface area contributed by atoms with Crippen LogP contribution in [0.25, 0.3) is 0 Å². The fourth-order valence-electron chi connectivity index (χ4n) is 2.78. The summed E-state index contributed by atoms with van der Waals surface area (Å²) in [6, 6.07) is 8.75. The maximum atomic E-state index is 12.0. The summed E-state index contributed by atoms with van der Waals surface area (Å²) in [6.07, 6.45) is 3.27. The van der Waals surface area contributed by atoms with Crippen molar-refractivity contribution in [3.63, 3.8) is 0 Å². The fraction of sp³-hybridized carbons (Fsp3) is 0.533. The highest BCUT2D eigenvalue weighted by molar-refractivity contribution is 5.82. The molecule has 1 aromatic rings. The molecule has 0 radical (unpaired) electrons. The zero-order valence-corrected chi connectivity index (χ0v) is 11.1. The molecule has 3 unspecified atom stereocenters. The second-order valence-corrected chi connectivity index (χ2v) is 5.27. The van der Waals surface area contributed by atoms with Crippen molar-refractivity contribution in [2.75, 3.05) is 13.2 Å². The number of nitrogens with two attached hydrogens (primary N) is 1. The average molecular weight is 262 g/mol. The van der Waals surface area contributed by atoms with Gasteiger partial charge >= 0.3 is 0 Å². The van der Waals surface area contributed by atoms with Crippen LogP contribution in [0.5, 0.6) is 0 Å². The van der Waals surface area contributed by atoms with Crippen LogP contribution in [-0.4, -0.2) is 24.2 Å². The Hall–Kier alpha value is -1.39. The molecular weight excluding hydrogens is 240 g/mol. The normalized spacial score (nSPS) is 24.1. The van der Waals surface area contributed by atoms with Crippen LogP contribution >= 0.6 is 0 Å². The van der Waals surface area contributed by atoms with Crippen LogP contribution in [0.1, 0.15) is 30.9 Å². The molecule has 4 nitrogen and oxygen atoms in total. The van der Waals surface area contributed by atoms with E-state index in [1.807, 2.05) is 30.3 Å². The SMILES string of the molecule is NC(C(=O)NCC1CCCC1CO)c1ccccc1. The average Bonchev–Trinajstić information content (AvgIpc) is 2.92. The zero-order chi connectivity index (χ0) is 13.7. The Bertz CT molecular complexity index is 408. The van der Waals surface area contributed by atoms with Gasteiger partial charge in [-0.05, 0) is 30.2 Å². The van der Waals surface area contributed by atoms with E-state index >= 15 is 0 Å². The van der Waals surface area contributed by atoms with E-state index < -0.39 is 6.04 Å². The minimum atomic E-state index is -0.616. The number of carbonyl (C=O) groups excluding carboxylic acids is 1. The van der Waals surface area contributed by atoms with E-state index in [-0.39, 0.29) is 12.5 Å². The van der Waals surface area contributed by atoms with Crippen molar-refractivity contribution >= 4 is 5.91 Å². The molecule has 0 heterocycles. The van der Waals surface area contributed by atoms with Crippen molar-refractivity contribution in [1.29, 1.82) is 0 Å². The molecule has 0 saturated heterocycles. The van der Waals surface area contributed by atoms with Gasteiger partial charge in [-0.15, -0.1) is 0 Å². The molecule has 4 N–H and O–H groups in total. The highest BCUT2D eigenvalue weighted by Crippen LogP contribution is 2.30. The highest BCUT2D eigenvalue weighted by atomic mass is 16.3. The van der Waals surface area contributed by atoms with Gasteiger partial charge in [0.05, 0.1) is 0 Å². The Morgan fingerprint density at radius 1 is 1.32 bits per heavy atom. The topological polar surface area (TPSA) is 75.4 Å². The van der Waals surface area contributed by atoms with Gasteiger partial charge in [0, 0.05) is 13.2 Å². The van der Waals surface area contributed by atoms with Crippen LogP contribution < -0.4 is 11.1 Å². The Labute approximate surface area is 114 Å². The van der Waals surface area contributed by atoms with Crippen molar-refractivity contribution in [3.05, 3.63) is 35.9 Å². The van der Waals surface area contributed by atoms with Crippen molar-refractivity contribution in [1.82, 2.24) is 5.32 Å². The van der Waals surface area contributed by atoms with Crippen LogP contribution in [0, 0.1) is 11.8 Å². The van der Waals surface area contributed by atoms with E-state index in [0.717, 1.165) is 24.8 Å². The summed E-state index contributed by atoms with van der Waals surface area (Å²) in [4.78, 5) is 12.0. The molecule has 1 aliphatic carbocycles. The first-order valence-corrected chi connectivity index (χ1v) is 6.91. The molecule has 1 aromatic carbocycles. The lowest BCUT2D eigenvalue weighted by molar-refractivity contribution is -0.122. The minimum Gasteiger partial charge on any atom is -0.396 e. The first-order chi connectivity index (χ1) is 9.22. The number of amides is 1. The molecule has 19 heavy (non-hydrogen) atoms. The van der Waals surface area contributed by atoms with Gasteiger partial charge in [-0.1, -0.05) is 36.8 Å². The predicted octanol–water partition coefficient (Wildman–Crippen LogP) is 1.21. The van der Waals surface area contributed by atoms with Crippen LogP contribution in [0.4, 0.5) is 0 Å². The van der Waals surface area contributed by atoms with Crippen LogP contribution in [0.3, 0.4) is 0 Å². The Kier molecular flexibility index (Phi) is 4.93. The van der Waals surface area contributed by atoms with Gasteiger partial charge < -0.3 is 16.2 Å². The fourth-order valence-corrected chi connectivity index (χ4v) is 2.78. The van der Waals surface area contributed by atoms with Crippen LogP contribution in [0.15, 0.2) is 30.3 Å². The summed E-state index contributed by atoms with van der Waals surface area (Å²) in [6.45, 7) is 0.829. The van der Waals surface area contributed by atoms with Gasteiger partial charge in [0.15, 0.2) is 0 Å². The summed E-state index contributed by atoms with van der Waals surface area (Å²) in [7, 11) is 0. The third-order valence-electron chi connectivity index (χ3n) is 4.03. The molecule has 1 aliphatic rings. The molecule has 0 aromatic heterocycles. The standard InChI is InChI=1S/C15H22N2O2/c16-14(11-5-2-1-3-6-11)15(19)17-9-12-7-4-8-13(12)10-18/h1-3,5-6,12-14,18H,4,7-10,16H2,(H,17,19). The summed E-state index contributed by atoms with van der Waals surface area (Å²) >= 11 is 0. The van der Waals surface area contributed by atoms with E-state index in [2.05, 4.69) is 5.32 Å². The Morgan fingerprint density at radius 3 is 2.68 bits per heavy atom. The van der Waals surface area contributed by atoms with Crippen LogP contribution in [-0.2, 0) is 4.79 Å². The van der Waals surface area contributed by atoms with E-state index in [4.69, 9.17) is 5.73 Å². The lowest BCUT2D eigenvalue weighted by Gasteiger charge is -2.19. The molecule has 0 aliphatic heterocycles. The molecule has 1 amide bonds. The number of benzene rings is 1. The number of aliphatic hydroxyl groups excluding tert-OH is 1. The first-order valence-electron chi connectivity index (χ1n) is 6.91. The second kappa shape index (κ2) is 6.68. The number of hydrogen-bond acceptors (Lipinski definition) is 3. The van der Waals surface area contributed by atoms with E-state index in [1.54, 1.807) is 0 Å². The summed E-state index contributed by atoms with van der Waals surface area (Å²) in [5.41, 5.74) is 6.75. The van der Waals surface area contributed by atoms with Crippen molar-refractivity contribution in [2.45, 2.75) is 25.3 Å². The van der Waals surface area contributed by atoms with Gasteiger partial charge in [0.1, 0.15) is 6.04 Å². The Balaban J connectivity index is 1.84. The van der Waals surface area contributed by atoms with Crippen LogP contribution in [0.2, 0.25) is 0 Å². The summed E-state index contributed by atoms with van der Waals surface area (Å²) in [5.74, 6) is 0.569. The largest absolute Gasteiger partial charge is 0.396 e. The number of nitrogens with one attached hydrogen (secondary N) is 1. The maximum Gasteiger partial charge on any atom is 0.241 e. The van der Waals surface area contributed by atoms with Crippen molar-refractivity contribution < 1.29 is 9.90 Å². The van der Waals surface area contributed by atoms with Crippen molar-refractivity contribution in [2.24, 2.45) is 17.6 Å². The van der Waals surface area contributed by atoms with E-state index in [0.29, 0.717) is 18.4 Å². The highest BCUT2D eigenvalue weighted by Gasteiger charge is 2.27. The lowest BCUT2D eigenvalue weighted by Crippen LogP contribution is -2.38. The van der Waals surface area contributed by atoms with Gasteiger partial charge in [-0.2, -0.15) is 0 Å². The summed E-state index contributed by atoms with van der Waals surface area (Å²) in [5, 5.41) is 12.2. The first kappa shape index (κ1) is 14.0. The Morgan fingerprint density at radius 2 is 2.00 bits per heavy atom. The second-order valence-electron chi connectivity index (χ2n) is 5.27. The summed E-state index contributed by atoms with van der Waals surface area (Å²) < 4.78 is 0. The van der Waals surface area contributed by atoms with Gasteiger partial charge in [0.2, 0.25) is 5.91 Å². The minimum absolute atomic E-state index is 0.144. The molecule has 104 valence electrons. The molecule has 0 bridgehead atoms. The number of rotatable bonds is 5. The quantitative estimate of drug-likeness (QED) is 0.746. The number of carbonyl (C=O) groups is 1. The molecule has 3 atom stereocenters. The zero-order valence-electron chi connectivity index (χ0n) is 11.1. The van der Waals surface area contributed by atoms with Crippen molar-refractivity contribution in [3.8, 4) is 0 Å². The van der Waals surface area contributed by atoms with Gasteiger partial charge in [0.25, 0.3) is 0 Å². The van der Waals surface area contributed by atoms with E-state index in [9.17, 15) is 9.90 Å². The number of aliphatic hydroxyl groups is 1. The smallest absolute Gasteiger partial charge is 0.241 e. The third-order valence-corrected chi connectivity index (χ3v) is 4.03. The number of hydrogen-bond donors (Lipinski definition) is 3. The molecule has 1 saturated carbocycles. The molecule has 2 rings (SSSR count).